The molecular weight excluding hydrogens is 223 g/mol. The summed E-state index contributed by atoms with van der Waals surface area (Å²) in [6.07, 6.45) is 3.05. The Morgan fingerprint density at radius 2 is 2.36 bits per heavy atom. The highest BCUT2D eigenvalue weighted by atomic mass is 35.5. The zero-order chi connectivity index (χ0) is 10.6. The van der Waals surface area contributed by atoms with Crippen molar-refractivity contribution >= 4 is 19.6 Å². The van der Waals surface area contributed by atoms with Crippen molar-refractivity contribution in [1.29, 1.82) is 0 Å². The van der Waals surface area contributed by atoms with Gasteiger partial charge in [-0.3, -0.25) is 4.57 Å². The van der Waals surface area contributed by atoms with Crippen LogP contribution >= 0.6 is 19.6 Å². The molecule has 0 aromatic carbocycles. The van der Waals surface area contributed by atoms with Crippen molar-refractivity contribution in [3.8, 4) is 0 Å². The number of halogens is 1. The number of rotatable bonds is 5. The van der Waals surface area contributed by atoms with E-state index < -0.39 is 8.03 Å². The van der Waals surface area contributed by atoms with Crippen LogP contribution in [0.4, 0.5) is 0 Å². The van der Waals surface area contributed by atoms with Crippen LogP contribution in [0.1, 0.15) is 31.3 Å². The summed E-state index contributed by atoms with van der Waals surface area (Å²) in [5.74, 6) is 0.801. The number of nitrogens with zero attached hydrogens (tertiary/aromatic N) is 1. The van der Waals surface area contributed by atoms with Crippen molar-refractivity contribution in [2.45, 2.75) is 32.3 Å². The number of nitrogens with one attached hydrogen (secondary N) is 1. The van der Waals surface area contributed by atoms with E-state index in [2.05, 4.69) is 16.9 Å². The van der Waals surface area contributed by atoms with E-state index in [1.807, 2.05) is 0 Å². The van der Waals surface area contributed by atoms with Gasteiger partial charge in [-0.2, -0.15) is 0 Å². The smallest absolute Gasteiger partial charge is 0.194 e. The van der Waals surface area contributed by atoms with Gasteiger partial charge in [-0.05, 0) is 6.42 Å². The number of aromatic amines is 1. The molecule has 1 rings (SSSR count). The fraction of sp³-hybridized carbons (Fsp3) is 0.625. The number of hydrogen-bond donors (Lipinski definition) is 2. The van der Waals surface area contributed by atoms with Gasteiger partial charge in [-0.25, -0.2) is 4.98 Å². The Balaban J connectivity index is 2.66. The zero-order valence-corrected chi connectivity index (χ0v) is 9.76. The third-order valence-corrected chi connectivity index (χ3v) is 2.84. The Morgan fingerprint density at radius 3 is 2.93 bits per heavy atom. The summed E-state index contributed by atoms with van der Waals surface area (Å²) in [4.78, 5) is 15.8. The topological polar surface area (TPSA) is 66.0 Å². The second-order valence-electron chi connectivity index (χ2n) is 3.13. The molecule has 80 valence electrons. The van der Waals surface area contributed by atoms with E-state index in [4.69, 9.17) is 16.5 Å². The summed E-state index contributed by atoms with van der Waals surface area (Å²) in [5, 5.41) is 0.323. The molecule has 0 saturated heterocycles. The highest BCUT2D eigenvalue weighted by molar-refractivity contribution is 7.37. The van der Waals surface area contributed by atoms with Crippen molar-refractivity contribution in [2.75, 3.05) is 0 Å². The molecular formula is C8H14ClN2O2P. The molecule has 0 spiro atoms. The van der Waals surface area contributed by atoms with Crippen molar-refractivity contribution in [3.05, 3.63) is 16.7 Å². The molecule has 1 aromatic heterocycles. The largest absolute Gasteiger partial charge is 0.346 e. The van der Waals surface area contributed by atoms with Gasteiger partial charge in [0.2, 0.25) is 0 Å². The second-order valence-corrected chi connectivity index (χ2v) is 4.63. The first-order chi connectivity index (χ1) is 6.63. The molecule has 0 aliphatic rings. The number of hydrogen-bond acceptors (Lipinski definition) is 2. The fourth-order valence-corrected chi connectivity index (χ4v) is 2.06. The lowest BCUT2D eigenvalue weighted by molar-refractivity contribution is 0.501. The zero-order valence-electron chi connectivity index (χ0n) is 8.01. The predicted molar refractivity (Wildman–Crippen MR) is 57.1 cm³/mol. The van der Waals surface area contributed by atoms with Crippen LogP contribution in [-0.2, 0) is 17.1 Å². The number of unbranched alkanes of at least 4 members (excludes halogenated alkanes) is 1. The molecule has 0 saturated carbocycles. The molecule has 4 nitrogen and oxygen atoms in total. The number of aryl methyl sites for hydroxylation is 1. The van der Waals surface area contributed by atoms with Gasteiger partial charge in [0.05, 0.1) is 11.9 Å². The molecule has 6 heteroatoms. The van der Waals surface area contributed by atoms with Crippen LogP contribution in [0.15, 0.2) is 0 Å². The standard InChI is InChI=1S/C8H14ClN2O2P/c1-2-3-4-7-10-6(5-14(12)13)8(9)11-7/h14H,2-5H2,1H3,(H,10,11)(H,12,13). The van der Waals surface area contributed by atoms with Crippen LogP contribution in [0.2, 0.25) is 5.15 Å². The van der Waals surface area contributed by atoms with E-state index >= 15 is 0 Å². The maximum atomic E-state index is 10.6. The first-order valence-electron chi connectivity index (χ1n) is 4.58. The van der Waals surface area contributed by atoms with Gasteiger partial charge < -0.3 is 9.88 Å². The maximum absolute atomic E-state index is 10.6. The van der Waals surface area contributed by atoms with Crippen molar-refractivity contribution in [3.63, 3.8) is 0 Å². The first kappa shape index (κ1) is 11.8. The average Bonchev–Trinajstić information content (AvgIpc) is 2.43. The summed E-state index contributed by atoms with van der Waals surface area (Å²) in [7, 11) is -2.52. The van der Waals surface area contributed by atoms with Gasteiger partial charge in [0.15, 0.2) is 13.2 Å². The Kier molecular flexibility index (Phi) is 4.66. The van der Waals surface area contributed by atoms with E-state index in [1.165, 1.54) is 0 Å². The molecule has 14 heavy (non-hydrogen) atoms. The van der Waals surface area contributed by atoms with Gasteiger partial charge in [0, 0.05) is 6.42 Å². The van der Waals surface area contributed by atoms with E-state index in [0.717, 1.165) is 25.1 Å². The monoisotopic (exact) mass is 236 g/mol. The Hall–Kier alpha value is -0.310. The SMILES string of the molecule is CCCCc1nc(Cl)c(C[PH](=O)O)[nH]1. The highest BCUT2D eigenvalue weighted by Crippen LogP contribution is 2.25. The van der Waals surface area contributed by atoms with Crippen LogP contribution < -0.4 is 0 Å². The third-order valence-electron chi connectivity index (χ3n) is 1.87. The van der Waals surface area contributed by atoms with Crippen LogP contribution in [0, 0.1) is 0 Å². The lowest BCUT2D eigenvalue weighted by atomic mass is 10.2. The first-order valence-corrected chi connectivity index (χ1v) is 6.52. The Morgan fingerprint density at radius 1 is 1.64 bits per heavy atom. The van der Waals surface area contributed by atoms with Crippen LogP contribution in [0.25, 0.3) is 0 Å². The lowest BCUT2D eigenvalue weighted by Gasteiger charge is -1.93. The maximum Gasteiger partial charge on any atom is 0.194 e. The summed E-state index contributed by atoms with van der Waals surface area (Å²) < 4.78 is 10.6. The van der Waals surface area contributed by atoms with Crippen LogP contribution in [-0.4, -0.2) is 14.9 Å². The number of imidazole rings is 1. The van der Waals surface area contributed by atoms with Crippen LogP contribution in [0.3, 0.4) is 0 Å². The van der Waals surface area contributed by atoms with E-state index in [-0.39, 0.29) is 6.16 Å². The lowest BCUT2D eigenvalue weighted by Crippen LogP contribution is -1.87. The van der Waals surface area contributed by atoms with Gasteiger partial charge in [-0.1, -0.05) is 24.9 Å². The molecule has 0 bridgehead atoms. The molecule has 0 amide bonds. The number of H-pyrrole nitrogens is 1. The summed E-state index contributed by atoms with van der Waals surface area (Å²) in [6, 6.07) is 0. The molecule has 1 aromatic rings. The van der Waals surface area contributed by atoms with Gasteiger partial charge in [0.25, 0.3) is 0 Å². The molecule has 1 unspecified atom stereocenters. The van der Waals surface area contributed by atoms with Gasteiger partial charge >= 0.3 is 0 Å². The molecule has 0 radical (unpaired) electrons. The molecule has 0 aliphatic heterocycles. The molecule has 0 fully saturated rings. The average molecular weight is 237 g/mol. The van der Waals surface area contributed by atoms with Crippen LogP contribution in [0.5, 0.6) is 0 Å². The summed E-state index contributed by atoms with van der Waals surface area (Å²) in [6.45, 7) is 2.10. The van der Waals surface area contributed by atoms with Gasteiger partial charge in [0.1, 0.15) is 5.82 Å². The third kappa shape index (κ3) is 3.45. The quantitative estimate of drug-likeness (QED) is 0.772. The molecule has 1 heterocycles. The summed E-state index contributed by atoms with van der Waals surface area (Å²) in [5.41, 5.74) is 0.573. The van der Waals surface area contributed by atoms with E-state index in [1.54, 1.807) is 0 Å². The second kappa shape index (κ2) is 5.54. The Bertz CT molecular complexity index is 327. The highest BCUT2D eigenvalue weighted by Gasteiger charge is 2.09. The molecule has 1 atom stereocenters. The minimum atomic E-state index is -2.52. The van der Waals surface area contributed by atoms with Crippen molar-refractivity contribution < 1.29 is 9.46 Å². The molecule has 2 N–H and O–H groups in total. The number of aromatic nitrogens is 2. The Labute approximate surface area is 88.6 Å². The van der Waals surface area contributed by atoms with Gasteiger partial charge in [-0.15, -0.1) is 0 Å². The van der Waals surface area contributed by atoms with Crippen molar-refractivity contribution in [2.24, 2.45) is 0 Å². The van der Waals surface area contributed by atoms with E-state index in [9.17, 15) is 4.57 Å². The summed E-state index contributed by atoms with van der Waals surface area (Å²) >= 11 is 5.79. The van der Waals surface area contributed by atoms with E-state index in [0.29, 0.717) is 10.8 Å². The van der Waals surface area contributed by atoms with Crippen molar-refractivity contribution in [1.82, 2.24) is 9.97 Å². The fourth-order valence-electron chi connectivity index (χ4n) is 1.17. The normalized spacial score (nSPS) is 13.1. The minimum absolute atomic E-state index is 0.0859. The minimum Gasteiger partial charge on any atom is -0.346 e. The predicted octanol–water partition coefficient (Wildman–Crippen LogP) is 2.37. The molecule has 0 aliphatic carbocycles.